The van der Waals surface area contributed by atoms with Crippen LogP contribution in [0.5, 0.6) is 0 Å². The molecule has 4 heteroatoms. The molecule has 4 nitrogen and oxygen atoms in total. The minimum Gasteiger partial charge on any atom is -0.337 e. The van der Waals surface area contributed by atoms with Gasteiger partial charge in [0.15, 0.2) is 0 Å². The lowest BCUT2D eigenvalue weighted by Crippen LogP contribution is -2.45. The van der Waals surface area contributed by atoms with Crippen molar-refractivity contribution in [3.63, 3.8) is 0 Å². The second-order valence-corrected chi connectivity index (χ2v) is 5.63. The fourth-order valence-electron chi connectivity index (χ4n) is 3.38. The summed E-state index contributed by atoms with van der Waals surface area (Å²) in [4.78, 5) is 6.73. The maximum absolute atomic E-state index is 5.95. The van der Waals surface area contributed by atoms with Crippen LogP contribution < -0.4 is 5.73 Å². The highest BCUT2D eigenvalue weighted by Gasteiger charge is 2.27. The largest absolute Gasteiger partial charge is 0.337 e. The summed E-state index contributed by atoms with van der Waals surface area (Å²) >= 11 is 0. The second kappa shape index (κ2) is 7.65. The normalized spacial score (nSPS) is 23.9. The first-order valence-electron chi connectivity index (χ1n) is 7.75. The van der Waals surface area contributed by atoms with Crippen LogP contribution in [-0.2, 0) is 6.54 Å². The Morgan fingerprint density at radius 1 is 1.37 bits per heavy atom. The number of nitrogens with two attached hydrogens (primary N) is 1. The average Bonchev–Trinajstić information content (AvgIpc) is 2.97. The number of aromatic nitrogens is 2. The molecule has 1 fully saturated rings. The van der Waals surface area contributed by atoms with E-state index >= 15 is 0 Å². The van der Waals surface area contributed by atoms with Crippen molar-refractivity contribution in [2.24, 2.45) is 11.7 Å². The molecule has 1 aromatic rings. The van der Waals surface area contributed by atoms with E-state index in [1.54, 1.807) is 0 Å². The molecule has 19 heavy (non-hydrogen) atoms. The summed E-state index contributed by atoms with van der Waals surface area (Å²) in [7, 11) is 0. The summed E-state index contributed by atoms with van der Waals surface area (Å²) < 4.78 is 2.16. The van der Waals surface area contributed by atoms with Crippen molar-refractivity contribution < 1.29 is 0 Å². The van der Waals surface area contributed by atoms with Gasteiger partial charge in [-0.15, -0.1) is 0 Å². The predicted octanol–water partition coefficient (Wildman–Crippen LogP) is 2.11. The first-order valence-corrected chi connectivity index (χ1v) is 7.75. The van der Waals surface area contributed by atoms with E-state index in [0.29, 0.717) is 12.0 Å². The molecule has 2 rings (SSSR count). The number of hydrogen-bond acceptors (Lipinski definition) is 3. The van der Waals surface area contributed by atoms with Crippen LogP contribution in [0, 0.1) is 5.92 Å². The van der Waals surface area contributed by atoms with Crippen LogP contribution >= 0.6 is 0 Å². The zero-order valence-corrected chi connectivity index (χ0v) is 12.2. The van der Waals surface area contributed by atoms with Crippen molar-refractivity contribution in [1.29, 1.82) is 0 Å². The molecule has 0 radical (unpaired) electrons. The van der Waals surface area contributed by atoms with E-state index in [0.717, 1.165) is 19.6 Å². The van der Waals surface area contributed by atoms with Crippen molar-refractivity contribution >= 4 is 0 Å². The van der Waals surface area contributed by atoms with E-state index < -0.39 is 0 Å². The maximum atomic E-state index is 5.95. The van der Waals surface area contributed by atoms with Gasteiger partial charge in [0.05, 0.1) is 6.33 Å². The Labute approximate surface area is 117 Å². The summed E-state index contributed by atoms with van der Waals surface area (Å²) in [5.74, 6) is 0.710. The molecule has 0 saturated heterocycles. The fourth-order valence-corrected chi connectivity index (χ4v) is 3.38. The lowest BCUT2D eigenvalue weighted by molar-refractivity contribution is 0.110. The van der Waals surface area contributed by atoms with Crippen LogP contribution in [0.2, 0.25) is 0 Å². The Kier molecular flexibility index (Phi) is 5.86. The molecule has 1 aromatic heterocycles. The van der Waals surface area contributed by atoms with Gasteiger partial charge >= 0.3 is 0 Å². The van der Waals surface area contributed by atoms with Gasteiger partial charge in [-0.3, -0.25) is 0 Å². The van der Waals surface area contributed by atoms with E-state index in [4.69, 9.17) is 5.73 Å². The zero-order valence-electron chi connectivity index (χ0n) is 12.2. The van der Waals surface area contributed by atoms with Crippen molar-refractivity contribution in [1.82, 2.24) is 14.5 Å². The number of nitrogens with zero attached hydrogens (tertiary/aromatic N) is 3. The number of aryl methyl sites for hydroxylation is 1. The standard InChI is InChI=1S/C15H28N4/c1-2-19(10-5-9-18-11-8-17-13-18)15-7-4-3-6-14(15)12-16/h8,11,13-15H,2-7,9-10,12,16H2,1H3. The van der Waals surface area contributed by atoms with Crippen molar-refractivity contribution in [3.05, 3.63) is 18.7 Å². The van der Waals surface area contributed by atoms with Crippen molar-refractivity contribution in [2.75, 3.05) is 19.6 Å². The van der Waals surface area contributed by atoms with Gasteiger partial charge in [0.2, 0.25) is 0 Å². The van der Waals surface area contributed by atoms with Crippen LogP contribution in [0.25, 0.3) is 0 Å². The molecule has 1 aliphatic rings. The zero-order chi connectivity index (χ0) is 13.5. The third-order valence-corrected chi connectivity index (χ3v) is 4.47. The first-order chi connectivity index (χ1) is 9.35. The number of rotatable bonds is 7. The average molecular weight is 264 g/mol. The molecule has 2 atom stereocenters. The molecule has 0 spiro atoms. The third kappa shape index (κ3) is 4.05. The van der Waals surface area contributed by atoms with Crippen LogP contribution in [0.3, 0.4) is 0 Å². The van der Waals surface area contributed by atoms with E-state index in [2.05, 4.69) is 21.4 Å². The molecule has 2 unspecified atom stereocenters. The van der Waals surface area contributed by atoms with Gasteiger partial charge in [-0.25, -0.2) is 4.98 Å². The lowest BCUT2D eigenvalue weighted by Gasteiger charge is -2.39. The quantitative estimate of drug-likeness (QED) is 0.820. The molecule has 108 valence electrons. The van der Waals surface area contributed by atoms with Crippen LogP contribution in [0.1, 0.15) is 39.0 Å². The molecular formula is C15H28N4. The Morgan fingerprint density at radius 2 is 2.21 bits per heavy atom. The summed E-state index contributed by atoms with van der Waals surface area (Å²) in [6.45, 7) is 6.51. The van der Waals surface area contributed by atoms with Gasteiger partial charge < -0.3 is 15.2 Å². The SMILES string of the molecule is CCN(CCCn1ccnc1)C1CCCCC1CN. The minimum atomic E-state index is 0.710. The Morgan fingerprint density at radius 3 is 2.89 bits per heavy atom. The molecule has 1 saturated carbocycles. The van der Waals surface area contributed by atoms with E-state index in [1.165, 1.54) is 38.6 Å². The Hall–Kier alpha value is -0.870. The van der Waals surface area contributed by atoms with Gasteiger partial charge in [0.1, 0.15) is 0 Å². The van der Waals surface area contributed by atoms with Gasteiger partial charge in [-0.2, -0.15) is 0 Å². The van der Waals surface area contributed by atoms with E-state index in [9.17, 15) is 0 Å². The van der Waals surface area contributed by atoms with Crippen LogP contribution in [0.15, 0.2) is 18.7 Å². The molecule has 0 bridgehead atoms. The highest BCUT2D eigenvalue weighted by molar-refractivity contribution is 4.84. The predicted molar refractivity (Wildman–Crippen MR) is 78.9 cm³/mol. The molecule has 0 amide bonds. The fraction of sp³-hybridized carbons (Fsp3) is 0.800. The van der Waals surface area contributed by atoms with Crippen molar-refractivity contribution in [3.8, 4) is 0 Å². The first kappa shape index (κ1) is 14.5. The highest BCUT2D eigenvalue weighted by Crippen LogP contribution is 2.27. The Balaban J connectivity index is 1.81. The number of imidazole rings is 1. The number of hydrogen-bond donors (Lipinski definition) is 1. The molecule has 1 aliphatic carbocycles. The van der Waals surface area contributed by atoms with E-state index in [1.807, 2.05) is 18.7 Å². The summed E-state index contributed by atoms with van der Waals surface area (Å²) in [6.07, 6.45) is 12.4. The highest BCUT2D eigenvalue weighted by atomic mass is 15.2. The summed E-state index contributed by atoms with van der Waals surface area (Å²) in [6, 6.07) is 0.714. The molecule has 0 aliphatic heterocycles. The molecular weight excluding hydrogens is 236 g/mol. The molecule has 1 heterocycles. The lowest BCUT2D eigenvalue weighted by atomic mass is 9.83. The van der Waals surface area contributed by atoms with E-state index in [-0.39, 0.29) is 0 Å². The maximum Gasteiger partial charge on any atom is 0.0945 e. The van der Waals surface area contributed by atoms with Gasteiger partial charge in [0.25, 0.3) is 0 Å². The summed E-state index contributed by atoms with van der Waals surface area (Å²) in [5, 5.41) is 0. The monoisotopic (exact) mass is 264 g/mol. The van der Waals surface area contributed by atoms with Crippen molar-refractivity contribution in [2.45, 2.75) is 51.6 Å². The topological polar surface area (TPSA) is 47.1 Å². The van der Waals surface area contributed by atoms with Gasteiger partial charge in [0, 0.05) is 31.5 Å². The van der Waals surface area contributed by atoms with Gasteiger partial charge in [-0.1, -0.05) is 19.8 Å². The Bertz CT molecular complexity index is 336. The van der Waals surface area contributed by atoms with Crippen LogP contribution in [0.4, 0.5) is 0 Å². The minimum absolute atomic E-state index is 0.710. The second-order valence-electron chi connectivity index (χ2n) is 5.63. The molecule has 0 aromatic carbocycles. The molecule has 2 N–H and O–H groups in total. The van der Waals surface area contributed by atoms with Crippen LogP contribution in [-0.4, -0.2) is 40.1 Å². The third-order valence-electron chi connectivity index (χ3n) is 4.47. The smallest absolute Gasteiger partial charge is 0.0945 e. The summed E-state index contributed by atoms with van der Waals surface area (Å²) in [5.41, 5.74) is 5.95. The van der Waals surface area contributed by atoms with Gasteiger partial charge in [-0.05, 0) is 38.3 Å².